The quantitative estimate of drug-likeness (QED) is 0.0706. The van der Waals surface area contributed by atoms with Crippen molar-refractivity contribution in [1.29, 1.82) is 0 Å². The van der Waals surface area contributed by atoms with E-state index in [4.69, 9.17) is 18.9 Å². The summed E-state index contributed by atoms with van der Waals surface area (Å²) in [6.07, 6.45) is -4.23. The first-order valence-corrected chi connectivity index (χ1v) is 35.0. The Balaban J connectivity index is 0.000000172. The molecule has 2 aliphatic heterocycles. The fourth-order valence-corrected chi connectivity index (χ4v) is 16.1. The van der Waals surface area contributed by atoms with Crippen molar-refractivity contribution in [3.63, 3.8) is 0 Å². The van der Waals surface area contributed by atoms with E-state index in [1.165, 1.54) is 0 Å². The molecular formula is C96H82O8Ti. The maximum atomic E-state index is 13.7. The molecule has 0 aromatic heterocycles. The van der Waals surface area contributed by atoms with Crippen molar-refractivity contribution in [3.8, 4) is 0 Å². The third kappa shape index (κ3) is 12.7. The molecule has 2 fully saturated rings. The Morgan fingerprint density at radius 3 is 0.438 bits per heavy atom. The van der Waals surface area contributed by atoms with Crippen LogP contribution in [-0.4, -0.2) is 56.4 Å². The van der Waals surface area contributed by atoms with Crippen LogP contribution in [0.4, 0.5) is 0 Å². The van der Waals surface area contributed by atoms with Gasteiger partial charge < -0.3 is 54.2 Å². The molecule has 105 heavy (non-hydrogen) atoms. The van der Waals surface area contributed by atoms with Crippen LogP contribution in [0.1, 0.15) is 72.2 Å². The van der Waals surface area contributed by atoms with Gasteiger partial charge in [0.2, 0.25) is 0 Å². The van der Waals surface area contributed by atoms with Crippen molar-refractivity contribution in [2.75, 3.05) is 0 Å². The summed E-state index contributed by atoms with van der Waals surface area (Å²) < 4.78 is 27.6. The molecule has 2 saturated heterocycles. The maximum Gasteiger partial charge on any atom is 2.00 e. The van der Waals surface area contributed by atoms with Gasteiger partial charge in [-0.25, -0.2) is 0 Å². The Morgan fingerprint density at radius 1 is 0.200 bits per heavy atom. The Labute approximate surface area is 628 Å². The molecule has 0 aliphatic carbocycles. The number of rotatable bonds is 12. The van der Waals surface area contributed by atoms with E-state index in [1.807, 2.05) is 319 Å². The van der Waals surface area contributed by atoms with Crippen molar-refractivity contribution in [2.45, 2.75) is 86.1 Å². The summed E-state index contributed by atoms with van der Waals surface area (Å²) in [6, 6.07) is 113. The Bertz CT molecular complexity index is 4870. The number of ether oxygens (including phenoxy) is 4. The standard InChI is InChI=1S/2C47H38O4.2CH3.Ti/c2*1-45(2)50-43(46(48,39-23-19-31-11-3-7-15-35(31)27-39)40-24-20-32-12-4-8-16-36(32)28-40)44(51-45)47(49,41-25-21-33-13-5-9-17-37(33)29-41)42-26-22-34-14-6-10-18-38(34)30-42;;;/h2*3-30,43-44,48-49H,1-2H3;2*1H3;/q;;2*-1;+2/t2*43-,44-;;;/m00.../s1. The van der Waals surface area contributed by atoms with Crippen LogP contribution in [-0.2, 0) is 63.1 Å². The zero-order valence-corrected chi connectivity index (χ0v) is 61.1. The number of fused-ring (bicyclic) bond motifs is 8. The fourth-order valence-electron chi connectivity index (χ4n) is 16.1. The Morgan fingerprint density at radius 2 is 0.314 bits per heavy atom. The number of benzene rings is 16. The van der Waals surface area contributed by atoms with Gasteiger partial charge in [-0.2, -0.15) is 0 Å². The molecule has 4 N–H and O–H groups in total. The minimum Gasteiger partial charge on any atom is -0.378 e. The molecule has 16 aromatic rings. The van der Waals surface area contributed by atoms with Crippen LogP contribution in [0.5, 0.6) is 0 Å². The van der Waals surface area contributed by atoms with Gasteiger partial charge in [-0.1, -0.05) is 291 Å². The summed E-state index contributed by atoms with van der Waals surface area (Å²) >= 11 is 0. The monoisotopic (exact) mass is 1410 g/mol. The van der Waals surface area contributed by atoms with E-state index < -0.39 is 58.4 Å². The van der Waals surface area contributed by atoms with Crippen molar-refractivity contribution < 1.29 is 61.1 Å². The van der Waals surface area contributed by atoms with E-state index in [9.17, 15) is 20.4 Å². The molecule has 518 valence electrons. The minimum absolute atomic E-state index is 0. The molecule has 18 rings (SSSR count). The maximum absolute atomic E-state index is 13.7. The number of hydrogen-bond donors (Lipinski definition) is 4. The number of hydrogen-bond acceptors (Lipinski definition) is 8. The third-order valence-electron chi connectivity index (χ3n) is 21.4. The van der Waals surface area contributed by atoms with Crippen LogP contribution in [0, 0.1) is 14.9 Å². The molecule has 8 nitrogen and oxygen atoms in total. The zero-order valence-electron chi connectivity index (χ0n) is 59.6. The predicted octanol–water partition coefficient (Wildman–Crippen LogP) is 20.9. The smallest absolute Gasteiger partial charge is 0.378 e. The van der Waals surface area contributed by atoms with Gasteiger partial charge in [0.15, 0.2) is 11.6 Å². The van der Waals surface area contributed by atoms with Crippen molar-refractivity contribution in [3.05, 3.63) is 399 Å². The van der Waals surface area contributed by atoms with E-state index in [0.29, 0.717) is 44.5 Å². The number of aliphatic hydroxyl groups is 4. The Hall–Kier alpha value is -10.0. The van der Waals surface area contributed by atoms with Gasteiger partial charge in [0.25, 0.3) is 0 Å². The zero-order chi connectivity index (χ0) is 69.6. The topological polar surface area (TPSA) is 118 Å². The van der Waals surface area contributed by atoms with Gasteiger partial charge >= 0.3 is 21.7 Å². The Kier molecular flexibility index (Phi) is 19.3. The van der Waals surface area contributed by atoms with E-state index >= 15 is 0 Å². The first kappa shape index (κ1) is 72.0. The molecule has 4 atom stereocenters. The molecule has 0 unspecified atom stereocenters. The van der Waals surface area contributed by atoms with Crippen molar-refractivity contribution in [2.24, 2.45) is 0 Å². The second-order valence-corrected chi connectivity index (χ2v) is 28.5. The second-order valence-electron chi connectivity index (χ2n) is 28.5. The normalized spacial score (nSPS) is 17.3. The van der Waals surface area contributed by atoms with Crippen LogP contribution in [0.15, 0.2) is 340 Å². The van der Waals surface area contributed by atoms with Gasteiger partial charge in [-0.3, -0.25) is 0 Å². The molecule has 9 heteroatoms. The van der Waals surface area contributed by atoms with Crippen molar-refractivity contribution in [1.82, 2.24) is 0 Å². The molecule has 2 aliphatic rings. The van der Waals surface area contributed by atoms with Crippen LogP contribution in [0.3, 0.4) is 0 Å². The van der Waals surface area contributed by atoms with Crippen molar-refractivity contribution >= 4 is 86.2 Å². The third-order valence-corrected chi connectivity index (χ3v) is 21.4. The molecule has 0 spiro atoms. The average Bonchev–Trinajstić information content (AvgIpc) is 1.66. The summed E-state index contributed by atoms with van der Waals surface area (Å²) in [4.78, 5) is 0. The van der Waals surface area contributed by atoms with E-state index in [2.05, 4.69) is 48.5 Å². The first-order chi connectivity index (χ1) is 49.4. The molecule has 16 aromatic carbocycles. The van der Waals surface area contributed by atoms with Crippen LogP contribution >= 0.6 is 0 Å². The van der Waals surface area contributed by atoms with E-state index in [1.54, 1.807) is 0 Å². The van der Waals surface area contributed by atoms with Gasteiger partial charge in [-0.05, 0) is 207 Å². The second kappa shape index (κ2) is 28.1. The first-order valence-electron chi connectivity index (χ1n) is 35.0. The van der Waals surface area contributed by atoms with E-state index in [0.717, 1.165) is 86.2 Å². The molecular weight excluding hydrogens is 1330 g/mol. The van der Waals surface area contributed by atoms with Crippen LogP contribution < -0.4 is 0 Å². The molecule has 2 heterocycles. The van der Waals surface area contributed by atoms with Gasteiger partial charge in [0, 0.05) is 0 Å². The summed E-state index contributed by atoms with van der Waals surface area (Å²) in [6.45, 7) is 7.40. The van der Waals surface area contributed by atoms with Crippen LogP contribution in [0.25, 0.3) is 86.2 Å². The van der Waals surface area contributed by atoms with Crippen LogP contribution in [0.2, 0.25) is 0 Å². The van der Waals surface area contributed by atoms with Gasteiger partial charge in [-0.15, -0.1) is 0 Å². The van der Waals surface area contributed by atoms with E-state index in [-0.39, 0.29) is 36.6 Å². The SMILES string of the molecule is CC1(C)O[C@H](C(O)(c2ccc3ccccc3c2)c2ccc3ccccc3c2)[C@@H](C(O)(c2ccc3ccccc3c2)c2ccc3ccccc3c2)O1.CC1(C)O[C@H](C(O)(c2ccc3ccccc3c2)c2ccc3ccccc3c2)[C@@H](C(O)(c2ccc3ccccc3c2)c2ccc3ccccc3c2)O1.[CH3-].[CH3-].[Ti+2]. The minimum atomic E-state index is -1.76. The predicted molar refractivity (Wildman–Crippen MR) is 424 cm³/mol. The molecule has 0 amide bonds. The summed E-state index contributed by atoms with van der Waals surface area (Å²) in [7, 11) is 0. The summed E-state index contributed by atoms with van der Waals surface area (Å²) in [5.41, 5.74) is -1.86. The largest absolute Gasteiger partial charge is 2.00 e. The fraction of sp³-hybridized carbons (Fsp3) is 0.146. The van der Waals surface area contributed by atoms with Gasteiger partial charge in [0.05, 0.1) is 0 Å². The molecule has 0 bridgehead atoms. The summed E-state index contributed by atoms with van der Waals surface area (Å²) in [5.74, 6) is -2.31. The molecule has 0 saturated carbocycles. The average molecular weight is 1410 g/mol. The van der Waals surface area contributed by atoms with Gasteiger partial charge in [0.1, 0.15) is 46.8 Å². The summed E-state index contributed by atoms with van der Waals surface area (Å²) in [5, 5.41) is 71.0. The molecule has 0 radical (unpaired) electrons.